The van der Waals surface area contributed by atoms with Crippen molar-refractivity contribution in [3.05, 3.63) is 23.2 Å². The second kappa shape index (κ2) is 7.69. The predicted octanol–water partition coefficient (Wildman–Crippen LogP) is 2.30. The van der Waals surface area contributed by atoms with E-state index in [-0.39, 0.29) is 18.3 Å². The number of hydrogen-bond acceptors (Lipinski definition) is 4. The number of anilines is 2. The zero-order valence-corrected chi connectivity index (χ0v) is 14.8. The second-order valence-electron chi connectivity index (χ2n) is 5.17. The number of rotatable bonds is 6. The number of amides is 2. The van der Waals surface area contributed by atoms with Crippen molar-refractivity contribution in [1.82, 2.24) is 4.90 Å². The Bertz CT molecular complexity index is 632. The summed E-state index contributed by atoms with van der Waals surface area (Å²) in [5.74, 6) is -0.0651. The lowest BCUT2D eigenvalue weighted by Gasteiger charge is -2.24. The first-order valence-electron chi connectivity index (χ1n) is 6.85. The Labute approximate surface area is 137 Å². The maximum absolute atomic E-state index is 12.3. The van der Waals surface area contributed by atoms with Gasteiger partial charge in [0.15, 0.2) is 0 Å². The van der Waals surface area contributed by atoms with Crippen LogP contribution in [0.1, 0.15) is 6.92 Å². The molecule has 0 unspecified atom stereocenters. The van der Waals surface area contributed by atoms with E-state index < -0.39 is 9.84 Å². The normalized spacial score (nSPS) is 11.1. The summed E-state index contributed by atoms with van der Waals surface area (Å²) in [6, 6.07) is 4.89. The lowest BCUT2D eigenvalue weighted by molar-refractivity contribution is 0.217. The number of para-hydroxylation sites is 1. The molecular formula is C14H22ClN3O3S. The lowest BCUT2D eigenvalue weighted by Crippen LogP contribution is -2.38. The minimum absolute atomic E-state index is 0.0651. The molecule has 0 bridgehead atoms. The molecule has 0 spiro atoms. The molecule has 2 amide bonds. The van der Waals surface area contributed by atoms with Crippen molar-refractivity contribution in [1.29, 1.82) is 0 Å². The minimum Gasteiger partial charge on any atom is -0.375 e. The number of hydrogen-bond donors (Lipinski definition) is 1. The Balaban J connectivity index is 2.89. The van der Waals surface area contributed by atoms with Crippen LogP contribution in [0.4, 0.5) is 16.2 Å². The first-order chi connectivity index (χ1) is 10.2. The molecule has 8 heteroatoms. The molecule has 1 aromatic rings. The average Bonchev–Trinajstić information content (AvgIpc) is 2.37. The zero-order chi connectivity index (χ0) is 16.9. The highest BCUT2D eigenvalue weighted by Crippen LogP contribution is 2.32. The summed E-state index contributed by atoms with van der Waals surface area (Å²) in [4.78, 5) is 15.6. The van der Waals surface area contributed by atoms with Gasteiger partial charge >= 0.3 is 6.03 Å². The van der Waals surface area contributed by atoms with E-state index >= 15 is 0 Å². The van der Waals surface area contributed by atoms with Gasteiger partial charge in [-0.15, -0.1) is 0 Å². The Morgan fingerprint density at radius 1 is 1.32 bits per heavy atom. The van der Waals surface area contributed by atoms with Crippen molar-refractivity contribution in [2.75, 3.05) is 49.4 Å². The summed E-state index contributed by atoms with van der Waals surface area (Å²) in [5, 5.41) is 3.32. The molecule has 0 radical (unpaired) electrons. The van der Waals surface area contributed by atoms with Crippen LogP contribution >= 0.6 is 11.6 Å². The molecule has 0 aliphatic heterocycles. The van der Waals surface area contributed by atoms with Crippen molar-refractivity contribution in [2.24, 2.45) is 0 Å². The number of halogens is 1. The van der Waals surface area contributed by atoms with Gasteiger partial charge in [0, 0.05) is 33.4 Å². The van der Waals surface area contributed by atoms with Crippen LogP contribution in [0.5, 0.6) is 0 Å². The molecular weight excluding hydrogens is 326 g/mol. The number of carbonyl (C=O) groups is 1. The van der Waals surface area contributed by atoms with Gasteiger partial charge in [-0.1, -0.05) is 17.7 Å². The van der Waals surface area contributed by atoms with Crippen molar-refractivity contribution < 1.29 is 13.2 Å². The molecule has 124 valence electrons. The fourth-order valence-corrected chi connectivity index (χ4v) is 2.84. The third-order valence-corrected chi connectivity index (χ3v) is 4.31. The minimum atomic E-state index is -3.11. The van der Waals surface area contributed by atoms with Gasteiger partial charge in [0.05, 0.1) is 22.2 Å². The molecule has 0 aliphatic rings. The van der Waals surface area contributed by atoms with E-state index in [1.807, 2.05) is 19.0 Å². The van der Waals surface area contributed by atoms with Gasteiger partial charge in [-0.05, 0) is 19.1 Å². The van der Waals surface area contributed by atoms with E-state index in [2.05, 4.69) is 5.32 Å². The molecule has 0 fully saturated rings. The van der Waals surface area contributed by atoms with Crippen molar-refractivity contribution in [2.45, 2.75) is 6.92 Å². The monoisotopic (exact) mass is 347 g/mol. The fraction of sp³-hybridized carbons (Fsp3) is 0.500. The summed E-state index contributed by atoms with van der Waals surface area (Å²) in [7, 11) is 0.548. The number of carbonyl (C=O) groups excluding carboxylic acids is 1. The van der Waals surface area contributed by atoms with Gasteiger partial charge in [-0.25, -0.2) is 13.2 Å². The maximum atomic E-state index is 12.3. The van der Waals surface area contributed by atoms with Crippen molar-refractivity contribution >= 4 is 38.8 Å². The van der Waals surface area contributed by atoms with Gasteiger partial charge in [-0.3, -0.25) is 0 Å². The first kappa shape index (κ1) is 18.6. The molecule has 0 heterocycles. The Hall–Kier alpha value is -1.47. The van der Waals surface area contributed by atoms with Crippen LogP contribution < -0.4 is 10.2 Å². The molecule has 0 saturated carbocycles. The number of benzene rings is 1. The lowest BCUT2D eigenvalue weighted by atomic mass is 10.2. The van der Waals surface area contributed by atoms with Crippen molar-refractivity contribution in [3.63, 3.8) is 0 Å². The third kappa shape index (κ3) is 5.38. The van der Waals surface area contributed by atoms with Crippen LogP contribution in [-0.4, -0.2) is 58.5 Å². The van der Waals surface area contributed by atoms with Crippen LogP contribution in [0.15, 0.2) is 18.2 Å². The number of urea groups is 1. The molecule has 0 atom stereocenters. The summed E-state index contributed by atoms with van der Waals surface area (Å²) in [5.41, 5.74) is 1.29. The molecule has 0 aromatic heterocycles. The van der Waals surface area contributed by atoms with Gasteiger partial charge in [-0.2, -0.15) is 0 Å². The van der Waals surface area contributed by atoms with E-state index in [1.165, 1.54) is 4.90 Å². The van der Waals surface area contributed by atoms with Gasteiger partial charge < -0.3 is 15.1 Å². The standard InChI is InChI=1S/C14H22ClN3O3S/c1-5-18(9-10-22(4,20)21)14(19)16-12-8-6-7-11(15)13(12)17(2)3/h6-8H,5,9-10H2,1-4H3,(H,16,19). The van der Waals surface area contributed by atoms with Gasteiger partial charge in [0.1, 0.15) is 9.84 Å². The number of nitrogens with zero attached hydrogens (tertiary/aromatic N) is 2. The molecule has 6 nitrogen and oxygen atoms in total. The largest absolute Gasteiger partial charge is 0.375 e. The van der Waals surface area contributed by atoms with Crippen LogP contribution in [0.25, 0.3) is 0 Å². The Kier molecular flexibility index (Phi) is 6.49. The van der Waals surface area contributed by atoms with Gasteiger partial charge in [0.2, 0.25) is 0 Å². The SMILES string of the molecule is CCN(CCS(C)(=O)=O)C(=O)Nc1cccc(Cl)c1N(C)C. The van der Waals surface area contributed by atoms with E-state index in [0.29, 0.717) is 22.9 Å². The molecule has 0 saturated heterocycles. The van der Waals surface area contributed by atoms with Crippen LogP contribution in [-0.2, 0) is 9.84 Å². The van der Waals surface area contributed by atoms with Crippen LogP contribution in [0.2, 0.25) is 5.02 Å². The molecule has 1 N–H and O–H groups in total. The Morgan fingerprint density at radius 3 is 2.45 bits per heavy atom. The van der Waals surface area contributed by atoms with E-state index in [9.17, 15) is 13.2 Å². The topological polar surface area (TPSA) is 69.7 Å². The van der Waals surface area contributed by atoms with Gasteiger partial charge in [0.25, 0.3) is 0 Å². The molecule has 1 rings (SSSR count). The van der Waals surface area contributed by atoms with E-state index in [4.69, 9.17) is 11.6 Å². The smallest absolute Gasteiger partial charge is 0.321 e. The summed E-state index contributed by atoms with van der Waals surface area (Å²) >= 11 is 6.16. The average molecular weight is 348 g/mol. The molecule has 1 aromatic carbocycles. The summed E-state index contributed by atoms with van der Waals surface area (Å²) in [6.07, 6.45) is 1.15. The number of sulfone groups is 1. The number of nitrogens with one attached hydrogen (secondary N) is 1. The highest BCUT2D eigenvalue weighted by Gasteiger charge is 2.17. The molecule has 22 heavy (non-hydrogen) atoms. The zero-order valence-electron chi connectivity index (χ0n) is 13.3. The van der Waals surface area contributed by atoms with E-state index in [1.54, 1.807) is 25.1 Å². The summed E-state index contributed by atoms with van der Waals surface area (Å²) in [6.45, 7) is 2.37. The Morgan fingerprint density at radius 2 is 1.95 bits per heavy atom. The maximum Gasteiger partial charge on any atom is 0.321 e. The van der Waals surface area contributed by atoms with Crippen LogP contribution in [0, 0.1) is 0 Å². The highest BCUT2D eigenvalue weighted by molar-refractivity contribution is 7.90. The van der Waals surface area contributed by atoms with Crippen molar-refractivity contribution in [3.8, 4) is 0 Å². The summed E-state index contributed by atoms with van der Waals surface area (Å²) < 4.78 is 22.5. The van der Waals surface area contributed by atoms with Crippen LogP contribution in [0.3, 0.4) is 0 Å². The molecule has 0 aliphatic carbocycles. The predicted molar refractivity (Wildman–Crippen MR) is 91.8 cm³/mol. The second-order valence-corrected chi connectivity index (χ2v) is 7.84. The van der Waals surface area contributed by atoms with E-state index in [0.717, 1.165) is 6.26 Å². The third-order valence-electron chi connectivity index (χ3n) is 3.08. The quantitative estimate of drug-likeness (QED) is 0.857. The first-order valence-corrected chi connectivity index (χ1v) is 9.29. The highest BCUT2D eigenvalue weighted by atomic mass is 35.5. The fourth-order valence-electron chi connectivity index (χ4n) is 1.94.